The van der Waals surface area contributed by atoms with Crippen LogP contribution in [0.1, 0.15) is 23.4 Å². The number of carbonyl (C=O) groups is 2. The van der Waals surface area contributed by atoms with Crippen LogP contribution in [0.5, 0.6) is 0 Å². The van der Waals surface area contributed by atoms with E-state index >= 15 is 0 Å². The van der Waals surface area contributed by atoms with E-state index in [1.165, 1.54) is 6.07 Å². The van der Waals surface area contributed by atoms with E-state index in [1.54, 1.807) is 18.2 Å². The van der Waals surface area contributed by atoms with Gasteiger partial charge in [0.15, 0.2) is 0 Å². The number of amides is 1. The van der Waals surface area contributed by atoms with Gasteiger partial charge >= 0.3 is 5.97 Å². The Morgan fingerprint density at radius 3 is 2.73 bits per heavy atom. The Bertz CT molecular complexity index is 804. The van der Waals surface area contributed by atoms with Crippen LogP contribution in [-0.4, -0.2) is 17.0 Å². The number of furan rings is 1. The quantitative estimate of drug-likeness (QED) is 0.852. The van der Waals surface area contributed by atoms with Crippen molar-refractivity contribution in [2.24, 2.45) is 17.8 Å². The standard InChI is InChI=1S/C17H15NO4/c19-16(13-6-9-1-2-10(13)5-9)18-12-3-4-14-11(7-12)8-15(22-14)17(20)21/h1-4,7-10,13H,5-6H2,(H,18,19)(H,20,21). The highest BCUT2D eigenvalue weighted by atomic mass is 16.4. The van der Waals surface area contributed by atoms with Crippen molar-refractivity contribution in [3.05, 3.63) is 42.2 Å². The first-order valence-electron chi connectivity index (χ1n) is 7.36. The van der Waals surface area contributed by atoms with Gasteiger partial charge in [0.2, 0.25) is 11.7 Å². The number of aromatic carboxylic acids is 1. The molecule has 1 fully saturated rings. The molecule has 1 heterocycles. The lowest BCUT2D eigenvalue weighted by Gasteiger charge is -2.17. The molecule has 0 aliphatic heterocycles. The van der Waals surface area contributed by atoms with Crippen LogP contribution in [0.2, 0.25) is 0 Å². The van der Waals surface area contributed by atoms with Gasteiger partial charge in [-0.3, -0.25) is 4.79 Å². The number of hydrogen-bond donors (Lipinski definition) is 2. The normalized spacial score (nSPS) is 25.7. The van der Waals surface area contributed by atoms with Crippen LogP contribution in [0, 0.1) is 17.8 Å². The van der Waals surface area contributed by atoms with Crippen LogP contribution >= 0.6 is 0 Å². The van der Waals surface area contributed by atoms with E-state index in [2.05, 4.69) is 17.5 Å². The van der Waals surface area contributed by atoms with Crippen LogP contribution < -0.4 is 5.32 Å². The zero-order chi connectivity index (χ0) is 15.3. The molecule has 22 heavy (non-hydrogen) atoms. The van der Waals surface area contributed by atoms with Crippen LogP contribution in [0.4, 0.5) is 5.69 Å². The molecule has 0 radical (unpaired) electrons. The smallest absolute Gasteiger partial charge is 0.371 e. The third-order valence-electron chi connectivity index (χ3n) is 4.61. The van der Waals surface area contributed by atoms with Crippen molar-refractivity contribution in [2.75, 3.05) is 5.32 Å². The average molecular weight is 297 g/mol. The Morgan fingerprint density at radius 2 is 2.05 bits per heavy atom. The van der Waals surface area contributed by atoms with E-state index in [4.69, 9.17) is 9.52 Å². The summed E-state index contributed by atoms with van der Waals surface area (Å²) in [5.41, 5.74) is 1.17. The van der Waals surface area contributed by atoms with Gasteiger partial charge in [-0.25, -0.2) is 4.79 Å². The Balaban J connectivity index is 1.55. The second-order valence-corrected chi connectivity index (χ2v) is 6.04. The molecule has 0 spiro atoms. The van der Waals surface area contributed by atoms with Crippen molar-refractivity contribution in [3.63, 3.8) is 0 Å². The fraction of sp³-hybridized carbons (Fsp3) is 0.294. The van der Waals surface area contributed by atoms with E-state index < -0.39 is 5.97 Å². The lowest BCUT2D eigenvalue weighted by Crippen LogP contribution is -2.25. The number of carboxylic acids is 1. The third-order valence-corrected chi connectivity index (χ3v) is 4.61. The summed E-state index contributed by atoms with van der Waals surface area (Å²) in [5.74, 6) is -0.202. The molecule has 2 N–H and O–H groups in total. The highest BCUT2D eigenvalue weighted by Crippen LogP contribution is 2.43. The Labute approximate surface area is 126 Å². The fourth-order valence-corrected chi connectivity index (χ4v) is 3.54. The van der Waals surface area contributed by atoms with Gasteiger partial charge in [0, 0.05) is 17.0 Å². The highest BCUT2D eigenvalue weighted by Gasteiger charge is 2.39. The molecule has 4 rings (SSSR count). The SMILES string of the molecule is O=C(O)c1cc2cc(NC(=O)C3CC4C=CC3C4)ccc2o1. The lowest BCUT2D eigenvalue weighted by molar-refractivity contribution is -0.120. The molecule has 5 heteroatoms. The first-order chi connectivity index (χ1) is 10.6. The maximum atomic E-state index is 12.4. The molecule has 0 saturated heterocycles. The minimum atomic E-state index is -1.10. The molecule has 1 aromatic heterocycles. The van der Waals surface area contributed by atoms with Gasteiger partial charge in [-0.05, 0) is 48.9 Å². The van der Waals surface area contributed by atoms with Gasteiger partial charge in [-0.1, -0.05) is 12.2 Å². The maximum absolute atomic E-state index is 12.4. The van der Waals surface area contributed by atoms with Crippen molar-refractivity contribution in [3.8, 4) is 0 Å². The number of fused-ring (bicyclic) bond motifs is 3. The first-order valence-corrected chi connectivity index (χ1v) is 7.36. The molecule has 1 aromatic carbocycles. The third kappa shape index (κ3) is 2.09. The van der Waals surface area contributed by atoms with Gasteiger partial charge < -0.3 is 14.8 Å². The Kier molecular flexibility index (Phi) is 2.82. The predicted molar refractivity (Wildman–Crippen MR) is 80.6 cm³/mol. The first kappa shape index (κ1) is 13.1. The Morgan fingerprint density at radius 1 is 1.18 bits per heavy atom. The minimum Gasteiger partial charge on any atom is -0.475 e. The molecule has 1 saturated carbocycles. The predicted octanol–water partition coefficient (Wildman–Crippen LogP) is 3.28. The maximum Gasteiger partial charge on any atom is 0.371 e. The fourth-order valence-electron chi connectivity index (χ4n) is 3.54. The van der Waals surface area contributed by atoms with E-state index in [0.717, 1.165) is 12.8 Å². The number of allylic oxidation sites excluding steroid dienone is 2. The molecule has 1 amide bonds. The largest absolute Gasteiger partial charge is 0.475 e. The summed E-state index contributed by atoms with van der Waals surface area (Å²) >= 11 is 0. The summed E-state index contributed by atoms with van der Waals surface area (Å²) in [5, 5.41) is 12.5. The van der Waals surface area contributed by atoms with Gasteiger partial charge in [-0.15, -0.1) is 0 Å². The molecule has 112 valence electrons. The van der Waals surface area contributed by atoms with E-state index in [1.807, 2.05) is 0 Å². The highest BCUT2D eigenvalue weighted by molar-refractivity contribution is 5.97. The molecule has 2 aliphatic carbocycles. The topological polar surface area (TPSA) is 79.5 Å². The number of anilines is 1. The molecular formula is C17H15NO4. The molecule has 2 bridgehead atoms. The minimum absolute atomic E-state index is 0.0400. The van der Waals surface area contributed by atoms with E-state index in [9.17, 15) is 9.59 Å². The van der Waals surface area contributed by atoms with Crippen molar-refractivity contribution in [2.45, 2.75) is 12.8 Å². The van der Waals surface area contributed by atoms with Crippen molar-refractivity contribution in [1.29, 1.82) is 0 Å². The van der Waals surface area contributed by atoms with Gasteiger partial charge in [0.05, 0.1) is 0 Å². The molecule has 2 aliphatic rings. The number of carbonyl (C=O) groups excluding carboxylic acids is 1. The van der Waals surface area contributed by atoms with Crippen LogP contribution in [0.15, 0.2) is 40.8 Å². The summed E-state index contributed by atoms with van der Waals surface area (Å²) in [6, 6.07) is 6.62. The number of benzene rings is 1. The molecular weight excluding hydrogens is 282 g/mol. The number of hydrogen-bond acceptors (Lipinski definition) is 3. The molecule has 3 atom stereocenters. The van der Waals surface area contributed by atoms with Crippen LogP contribution in [0.25, 0.3) is 11.0 Å². The van der Waals surface area contributed by atoms with Crippen molar-refractivity contribution in [1.82, 2.24) is 0 Å². The number of carboxylic acid groups (broad SMARTS) is 1. The van der Waals surface area contributed by atoms with Gasteiger partial charge in [-0.2, -0.15) is 0 Å². The molecule has 2 aromatic rings. The summed E-state index contributed by atoms with van der Waals surface area (Å²) in [4.78, 5) is 23.3. The Hall–Kier alpha value is -2.56. The van der Waals surface area contributed by atoms with E-state index in [-0.39, 0.29) is 17.6 Å². The summed E-state index contributed by atoms with van der Waals surface area (Å²) in [7, 11) is 0. The summed E-state index contributed by atoms with van der Waals surface area (Å²) in [6.07, 6.45) is 6.36. The van der Waals surface area contributed by atoms with Crippen LogP contribution in [-0.2, 0) is 4.79 Å². The summed E-state index contributed by atoms with van der Waals surface area (Å²) in [6.45, 7) is 0. The molecule has 3 unspecified atom stereocenters. The second-order valence-electron chi connectivity index (χ2n) is 6.04. The van der Waals surface area contributed by atoms with E-state index in [0.29, 0.717) is 28.5 Å². The van der Waals surface area contributed by atoms with Crippen molar-refractivity contribution < 1.29 is 19.1 Å². The van der Waals surface area contributed by atoms with Gasteiger partial charge in [0.1, 0.15) is 5.58 Å². The zero-order valence-corrected chi connectivity index (χ0v) is 11.8. The second kappa shape index (κ2) is 4.73. The summed E-state index contributed by atoms with van der Waals surface area (Å²) < 4.78 is 5.21. The lowest BCUT2D eigenvalue weighted by atomic mass is 9.93. The number of rotatable bonds is 3. The average Bonchev–Trinajstić information content (AvgIpc) is 3.21. The number of nitrogens with one attached hydrogen (secondary N) is 1. The molecule has 5 nitrogen and oxygen atoms in total. The van der Waals surface area contributed by atoms with Gasteiger partial charge in [0.25, 0.3) is 0 Å². The van der Waals surface area contributed by atoms with Crippen LogP contribution in [0.3, 0.4) is 0 Å². The monoisotopic (exact) mass is 297 g/mol. The zero-order valence-electron chi connectivity index (χ0n) is 11.8. The van der Waals surface area contributed by atoms with Crippen molar-refractivity contribution >= 4 is 28.5 Å².